The van der Waals surface area contributed by atoms with Crippen LogP contribution in [0.4, 0.5) is 0 Å². The van der Waals surface area contributed by atoms with E-state index in [1.54, 1.807) is 49.6 Å². The van der Waals surface area contributed by atoms with E-state index in [4.69, 9.17) is 14.2 Å². The Hall–Kier alpha value is -4.31. The second-order valence-electron chi connectivity index (χ2n) is 7.08. The molecule has 1 N–H and O–H groups in total. The minimum Gasteiger partial charge on any atom is -0.493 e. The summed E-state index contributed by atoms with van der Waals surface area (Å²) in [5.41, 5.74) is 4.79. The maximum absolute atomic E-state index is 12.3. The number of aryl methyl sites for hydroxylation is 1. The molecule has 7 heteroatoms. The molecule has 0 fully saturated rings. The lowest BCUT2D eigenvalue weighted by molar-refractivity contribution is -0.121. The Kier molecular flexibility index (Phi) is 8.43. The van der Waals surface area contributed by atoms with E-state index >= 15 is 0 Å². The van der Waals surface area contributed by atoms with E-state index in [2.05, 4.69) is 10.5 Å². The quantitative estimate of drug-likeness (QED) is 0.288. The van der Waals surface area contributed by atoms with Gasteiger partial charge in [0.05, 0.1) is 19.4 Å². The summed E-state index contributed by atoms with van der Waals surface area (Å²) in [7, 11) is 1.55. The number of benzene rings is 3. The maximum atomic E-state index is 12.3. The monoisotopic (exact) mass is 443 g/mol. The van der Waals surface area contributed by atoms with Crippen molar-refractivity contribution in [1.29, 1.82) is 5.26 Å². The van der Waals surface area contributed by atoms with Gasteiger partial charge in [0.2, 0.25) is 0 Å². The average molecular weight is 444 g/mol. The van der Waals surface area contributed by atoms with Gasteiger partial charge < -0.3 is 14.2 Å². The lowest BCUT2D eigenvalue weighted by atomic mass is 10.0. The molecule has 1 atom stereocenters. The Morgan fingerprint density at radius 2 is 1.70 bits per heavy atom. The molecule has 0 saturated carbocycles. The van der Waals surface area contributed by atoms with Crippen molar-refractivity contribution >= 4 is 12.1 Å². The van der Waals surface area contributed by atoms with Gasteiger partial charge in [0.25, 0.3) is 5.91 Å². The Morgan fingerprint density at radius 3 is 2.39 bits per heavy atom. The number of para-hydroxylation sites is 1. The van der Waals surface area contributed by atoms with Crippen molar-refractivity contribution in [2.75, 3.05) is 20.3 Å². The Labute approximate surface area is 193 Å². The van der Waals surface area contributed by atoms with E-state index < -0.39 is 11.8 Å². The molecule has 0 aliphatic carbocycles. The zero-order valence-corrected chi connectivity index (χ0v) is 18.5. The van der Waals surface area contributed by atoms with Gasteiger partial charge in [-0.1, -0.05) is 48.5 Å². The van der Waals surface area contributed by atoms with E-state index in [1.807, 2.05) is 43.3 Å². The van der Waals surface area contributed by atoms with Crippen LogP contribution in [0, 0.1) is 18.3 Å². The van der Waals surface area contributed by atoms with Gasteiger partial charge in [0.15, 0.2) is 17.4 Å². The Balaban J connectivity index is 1.54. The van der Waals surface area contributed by atoms with Crippen LogP contribution in [-0.2, 0) is 4.79 Å². The predicted molar refractivity (Wildman–Crippen MR) is 126 cm³/mol. The molecule has 0 saturated heterocycles. The standard InChI is InChI=1S/C26H25N3O4/c1-19-8-6-7-11-23(19)32-14-15-33-24-13-12-20(16-25(24)31-2)18-28-29-26(30)22(17-27)21-9-4-3-5-10-21/h3-13,16,18,22H,14-15H2,1-2H3,(H,29,30)/b28-18-/t22-/m0/s1. The van der Waals surface area contributed by atoms with Crippen LogP contribution in [0.15, 0.2) is 77.9 Å². The van der Waals surface area contributed by atoms with Crippen molar-refractivity contribution in [2.45, 2.75) is 12.8 Å². The number of ether oxygens (including phenoxy) is 3. The topological polar surface area (TPSA) is 92.9 Å². The van der Waals surface area contributed by atoms with Crippen LogP contribution < -0.4 is 19.6 Å². The number of methoxy groups -OCH3 is 1. The normalized spacial score (nSPS) is 11.4. The molecule has 0 unspecified atom stereocenters. The lowest BCUT2D eigenvalue weighted by Crippen LogP contribution is -2.24. The van der Waals surface area contributed by atoms with Crippen LogP contribution in [0.25, 0.3) is 0 Å². The summed E-state index contributed by atoms with van der Waals surface area (Å²) < 4.78 is 16.9. The molecular formula is C26H25N3O4. The van der Waals surface area contributed by atoms with Gasteiger partial charge in [0, 0.05) is 0 Å². The molecule has 1 amide bonds. The third-order valence-electron chi connectivity index (χ3n) is 4.79. The molecule has 33 heavy (non-hydrogen) atoms. The number of hydrogen-bond acceptors (Lipinski definition) is 6. The molecule has 0 spiro atoms. The van der Waals surface area contributed by atoms with Crippen LogP contribution in [0.3, 0.4) is 0 Å². The zero-order chi connectivity index (χ0) is 23.5. The Morgan fingerprint density at radius 1 is 1.00 bits per heavy atom. The van der Waals surface area contributed by atoms with Crippen LogP contribution in [0.1, 0.15) is 22.6 Å². The second-order valence-corrected chi connectivity index (χ2v) is 7.08. The summed E-state index contributed by atoms with van der Waals surface area (Å²) >= 11 is 0. The molecule has 3 aromatic carbocycles. The fourth-order valence-corrected chi connectivity index (χ4v) is 3.07. The van der Waals surface area contributed by atoms with Crippen molar-refractivity contribution in [3.8, 4) is 23.3 Å². The molecule has 0 aromatic heterocycles. The molecule has 3 rings (SSSR count). The van der Waals surface area contributed by atoms with E-state index in [0.717, 1.165) is 11.3 Å². The number of nitrogens with one attached hydrogen (secondary N) is 1. The van der Waals surface area contributed by atoms with Gasteiger partial charge >= 0.3 is 0 Å². The molecule has 0 radical (unpaired) electrons. The second kappa shape index (κ2) is 11.9. The van der Waals surface area contributed by atoms with Crippen molar-refractivity contribution in [1.82, 2.24) is 5.43 Å². The highest BCUT2D eigenvalue weighted by Crippen LogP contribution is 2.27. The lowest BCUT2D eigenvalue weighted by Gasteiger charge is -2.13. The molecular weight excluding hydrogens is 418 g/mol. The van der Waals surface area contributed by atoms with Gasteiger partial charge in [0.1, 0.15) is 19.0 Å². The molecule has 0 aliphatic rings. The van der Waals surface area contributed by atoms with Crippen molar-refractivity contribution in [3.63, 3.8) is 0 Å². The van der Waals surface area contributed by atoms with Crippen LogP contribution in [0.2, 0.25) is 0 Å². The van der Waals surface area contributed by atoms with Crippen LogP contribution in [0.5, 0.6) is 17.2 Å². The molecule has 3 aromatic rings. The number of rotatable bonds is 10. The largest absolute Gasteiger partial charge is 0.493 e. The first-order valence-corrected chi connectivity index (χ1v) is 10.4. The highest BCUT2D eigenvalue weighted by Gasteiger charge is 2.19. The van der Waals surface area contributed by atoms with E-state index in [1.165, 1.54) is 6.21 Å². The zero-order valence-electron chi connectivity index (χ0n) is 18.5. The van der Waals surface area contributed by atoms with Gasteiger partial charge in [-0.25, -0.2) is 5.43 Å². The first-order chi connectivity index (χ1) is 16.1. The first kappa shape index (κ1) is 23.4. The number of nitrogens with zero attached hydrogens (tertiary/aromatic N) is 2. The summed E-state index contributed by atoms with van der Waals surface area (Å²) in [6.45, 7) is 2.73. The van der Waals surface area contributed by atoms with E-state index in [-0.39, 0.29) is 0 Å². The SMILES string of the molecule is COc1cc(/C=N\NC(=O)[C@@H](C#N)c2ccccc2)ccc1OCCOc1ccccc1C. The van der Waals surface area contributed by atoms with Crippen molar-refractivity contribution in [2.24, 2.45) is 5.10 Å². The molecule has 168 valence electrons. The summed E-state index contributed by atoms with van der Waals surface area (Å²) in [5.74, 6) is 0.490. The number of hydrogen-bond donors (Lipinski definition) is 1. The highest BCUT2D eigenvalue weighted by molar-refractivity contribution is 5.88. The van der Waals surface area contributed by atoms with E-state index in [9.17, 15) is 10.1 Å². The minimum atomic E-state index is -0.935. The number of carbonyl (C=O) groups excluding carboxylic acids is 1. The van der Waals surface area contributed by atoms with Gasteiger partial charge in [-0.2, -0.15) is 10.4 Å². The fourth-order valence-electron chi connectivity index (χ4n) is 3.07. The molecule has 0 bridgehead atoms. The molecule has 0 heterocycles. The number of nitriles is 1. The third kappa shape index (κ3) is 6.58. The summed E-state index contributed by atoms with van der Waals surface area (Å²) in [6, 6.07) is 23.9. The fraction of sp³-hybridized carbons (Fsp3) is 0.192. The summed E-state index contributed by atoms with van der Waals surface area (Å²) in [4.78, 5) is 12.3. The van der Waals surface area contributed by atoms with Gasteiger partial charge in [-0.05, 0) is 47.9 Å². The maximum Gasteiger partial charge on any atom is 0.261 e. The smallest absolute Gasteiger partial charge is 0.261 e. The first-order valence-electron chi connectivity index (χ1n) is 10.4. The van der Waals surface area contributed by atoms with Crippen molar-refractivity contribution < 1.29 is 19.0 Å². The highest BCUT2D eigenvalue weighted by atomic mass is 16.5. The van der Waals surface area contributed by atoms with Gasteiger partial charge in [-0.3, -0.25) is 4.79 Å². The number of carbonyl (C=O) groups is 1. The van der Waals surface area contributed by atoms with Crippen LogP contribution in [-0.4, -0.2) is 32.4 Å². The summed E-state index contributed by atoms with van der Waals surface area (Å²) in [5, 5.41) is 13.3. The predicted octanol–water partition coefficient (Wildman–Crippen LogP) is 4.22. The number of hydrazone groups is 1. The third-order valence-corrected chi connectivity index (χ3v) is 4.79. The number of amides is 1. The van der Waals surface area contributed by atoms with E-state index in [0.29, 0.717) is 35.8 Å². The van der Waals surface area contributed by atoms with Crippen LogP contribution >= 0.6 is 0 Å². The van der Waals surface area contributed by atoms with Gasteiger partial charge in [-0.15, -0.1) is 0 Å². The minimum absolute atomic E-state index is 0.350. The van der Waals surface area contributed by atoms with Crippen molar-refractivity contribution in [3.05, 3.63) is 89.5 Å². The summed E-state index contributed by atoms with van der Waals surface area (Å²) in [6.07, 6.45) is 1.48. The average Bonchev–Trinajstić information content (AvgIpc) is 2.84. The Bertz CT molecular complexity index is 1140. The molecule has 0 aliphatic heterocycles. The molecule has 7 nitrogen and oxygen atoms in total.